The van der Waals surface area contributed by atoms with Crippen LogP contribution < -0.4 is 4.72 Å². The molecule has 1 N–H and O–H groups in total. The summed E-state index contributed by atoms with van der Waals surface area (Å²) in [6.45, 7) is 0. The number of halogens is 2. The molecule has 20 heavy (non-hydrogen) atoms. The van der Waals surface area contributed by atoms with Gasteiger partial charge < -0.3 is 4.74 Å². The van der Waals surface area contributed by atoms with E-state index in [0.29, 0.717) is 12.0 Å². The Bertz CT molecular complexity index is 579. The number of ether oxygens (including phenoxy) is 1. The van der Waals surface area contributed by atoms with E-state index in [0.717, 1.165) is 18.9 Å². The highest BCUT2D eigenvalue weighted by Crippen LogP contribution is 2.23. The number of hydrogen-bond donors (Lipinski definition) is 1. The van der Waals surface area contributed by atoms with Crippen LogP contribution >= 0.6 is 11.6 Å². The van der Waals surface area contributed by atoms with Crippen molar-refractivity contribution in [2.75, 3.05) is 7.11 Å². The Morgan fingerprint density at radius 3 is 2.80 bits per heavy atom. The molecule has 0 radical (unpaired) electrons. The number of nitrogens with one attached hydrogen (secondary N) is 1. The lowest BCUT2D eigenvalue weighted by Crippen LogP contribution is -2.34. The zero-order valence-electron chi connectivity index (χ0n) is 11.1. The third-order valence-corrected chi connectivity index (χ3v) is 5.12. The van der Waals surface area contributed by atoms with Crippen LogP contribution in [0.4, 0.5) is 4.39 Å². The molecule has 0 heterocycles. The first-order valence-electron chi connectivity index (χ1n) is 6.36. The topological polar surface area (TPSA) is 55.4 Å². The van der Waals surface area contributed by atoms with Gasteiger partial charge in [0.2, 0.25) is 10.0 Å². The molecule has 0 unspecified atom stereocenters. The molecule has 2 rings (SSSR count). The summed E-state index contributed by atoms with van der Waals surface area (Å²) in [5.74, 6) is -0.866. The average molecular weight is 322 g/mol. The third kappa shape index (κ3) is 4.15. The normalized spacial score (nSPS) is 23.1. The van der Waals surface area contributed by atoms with Gasteiger partial charge in [-0.1, -0.05) is 17.7 Å². The van der Waals surface area contributed by atoms with Crippen LogP contribution in [0.2, 0.25) is 5.02 Å². The number of hydrogen-bond acceptors (Lipinski definition) is 3. The first-order chi connectivity index (χ1) is 9.39. The van der Waals surface area contributed by atoms with Crippen molar-refractivity contribution in [2.24, 2.45) is 0 Å². The monoisotopic (exact) mass is 321 g/mol. The van der Waals surface area contributed by atoms with Gasteiger partial charge in [-0.3, -0.25) is 0 Å². The van der Waals surface area contributed by atoms with Crippen molar-refractivity contribution in [1.29, 1.82) is 0 Å². The van der Waals surface area contributed by atoms with Crippen LogP contribution in [0.5, 0.6) is 0 Å². The summed E-state index contributed by atoms with van der Waals surface area (Å²) in [7, 11) is -1.87. The van der Waals surface area contributed by atoms with Gasteiger partial charge in [-0.15, -0.1) is 0 Å². The molecule has 0 aromatic heterocycles. The minimum atomic E-state index is -3.49. The lowest BCUT2D eigenvalue weighted by molar-refractivity contribution is 0.107. The van der Waals surface area contributed by atoms with Crippen molar-refractivity contribution >= 4 is 21.6 Å². The molecule has 1 aromatic rings. The summed E-state index contributed by atoms with van der Waals surface area (Å²) in [5.41, 5.74) is 0.376. The molecular weight excluding hydrogens is 305 g/mol. The fraction of sp³-hybridized carbons (Fsp3) is 0.538. The first-order valence-corrected chi connectivity index (χ1v) is 8.39. The van der Waals surface area contributed by atoms with Crippen LogP contribution in [0.25, 0.3) is 0 Å². The molecule has 7 heteroatoms. The van der Waals surface area contributed by atoms with Crippen molar-refractivity contribution < 1.29 is 17.5 Å². The minimum absolute atomic E-state index is 0.0159. The third-order valence-electron chi connectivity index (χ3n) is 3.40. The Morgan fingerprint density at radius 1 is 1.45 bits per heavy atom. The van der Waals surface area contributed by atoms with E-state index in [4.69, 9.17) is 16.3 Å². The van der Waals surface area contributed by atoms with Crippen LogP contribution in [-0.2, 0) is 20.5 Å². The molecule has 0 saturated heterocycles. The van der Waals surface area contributed by atoms with Crippen LogP contribution in [-0.4, -0.2) is 27.7 Å². The van der Waals surface area contributed by atoms with Crippen molar-refractivity contribution in [2.45, 2.75) is 37.2 Å². The standard InChI is InChI=1S/C13H17ClFNO3S/c1-19-11-4-3-10(7-11)16-20(17,18)8-9-2-5-12(14)13(15)6-9/h2,5-6,10-11,16H,3-4,7-8H2,1H3/t10-,11+/m0/s1. The highest BCUT2D eigenvalue weighted by Gasteiger charge is 2.28. The fourth-order valence-corrected chi connectivity index (χ4v) is 3.95. The Morgan fingerprint density at radius 2 is 2.20 bits per heavy atom. The Kier molecular flexibility index (Phi) is 5.01. The maximum absolute atomic E-state index is 13.3. The maximum Gasteiger partial charge on any atom is 0.216 e. The van der Waals surface area contributed by atoms with Crippen LogP contribution in [0.1, 0.15) is 24.8 Å². The van der Waals surface area contributed by atoms with E-state index in [1.165, 1.54) is 12.1 Å². The molecule has 1 fully saturated rings. The van der Waals surface area contributed by atoms with Crippen LogP contribution in [0.3, 0.4) is 0 Å². The predicted molar refractivity (Wildman–Crippen MR) is 75.6 cm³/mol. The smallest absolute Gasteiger partial charge is 0.216 e. The summed E-state index contributed by atoms with van der Waals surface area (Å²) in [6, 6.07) is 3.91. The highest BCUT2D eigenvalue weighted by atomic mass is 35.5. The van der Waals surface area contributed by atoms with Gasteiger partial charge in [-0.25, -0.2) is 17.5 Å². The maximum atomic E-state index is 13.3. The molecule has 0 aliphatic heterocycles. The molecule has 1 aliphatic rings. The summed E-state index contributed by atoms with van der Waals surface area (Å²) < 4.78 is 45.2. The van der Waals surface area contributed by atoms with Gasteiger partial charge >= 0.3 is 0 Å². The number of methoxy groups -OCH3 is 1. The van der Waals surface area contributed by atoms with Crippen molar-refractivity contribution in [3.05, 3.63) is 34.6 Å². The van der Waals surface area contributed by atoms with Gasteiger partial charge in [0.15, 0.2) is 0 Å². The van der Waals surface area contributed by atoms with E-state index >= 15 is 0 Å². The largest absolute Gasteiger partial charge is 0.381 e. The molecule has 1 aliphatic carbocycles. The predicted octanol–water partition coefficient (Wildman–Crippen LogP) is 2.47. The number of rotatable bonds is 5. The van der Waals surface area contributed by atoms with E-state index < -0.39 is 15.8 Å². The van der Waals surface area contributed by atoms with Crippen LogP contribution in [0.15, 0.2) is 18.2 Å². The molecule has 0 amide bonds. The zero-order chi connectivity index (χ0) is 14.8. The summed E-state index contributed by atoms with van der Waals surface area (Å²) >= 11 is 5.57. The second kappa shape index (κ2) is 6.39. The van der Waals surface area contributed by atoms with Gasteiger partial charge in [0.05, 0.1) is 16.9 Å². The SMILES string of the molecule is CO[C@@H]1CC[C@H](NS(=O)(=O)Cc2ccc(Cl)c(F)c2)C1. The molecule has 1 saturated carbocycles. The fourth-order valence-electron chi connectivity index (χ4n) is 2.41. The van der Waals surface area contributed by atoms with Gasteiger partial charge in [-0.05, 0) is 37.0 Å². The molecule has 4 nitrogen and oxygen atoms in total. The van der Waals surface area contributed by atoms with E-state index in [2.05, 4.69) is 4.72 Å². The molecule has 0 bridgehead atoms. The van der Waals surface area contributed by atoms with E-state index in [1.54, 1.807) is 7.11 Å². The molecule has 2 atom stereocenters. The second-order valence-electron chi connectivity index (χ2n) is 4.99. The summed E-state index contributed by atoms with van der Waals surface area (Å²) in [6.07, 6.45) is 2.38. The second-order valence-corrected chi connectivity index (χ2v) is 7.15. The Hall–Kier alpha value is -0.690. The Labute approximate surface area is 123 Å². The number of sulfonamides is 1. The minimum Gasteiger partial charge on any atom is -0.381 e. The lowest BCUT2D eigenvalue weighted by Gasteiger charge is -2.13. The van der Waals surface area contributed by atoms with Gasteiger partial charge in [-0.2, -0.15) is 0 Å². The van der Waals surface area contributed by atoms with Gasteiger partial charge in [0, 0.05) is 13.2 Å². The van der Waals surface area contributed by atoms with Gasteiger partial charge in [0.25, 0.3) is 0 Å². The van der Waals surface area contributed by atoms with Crippen molar-refractivity contribution in [3.63, 3.8) is 0 Å². The summed E-state index contributed by atoms with van der Waals surface area (Å²) in [5, 5.41) is -0.0159. The lowest BCUT2D eigenvalue weighted by atomic mass is 10.2. The zero-order valence-corrected chi connectivity index (χ0v) is 12.7. The molecule has 112 valence electrons. The average Bonchev–Trinajstić information content (AvgIpc) is 2.80. The van der Waals surface area contributed by atoms with Gasteiger partial charge in [0.1, 0.15) is 5.82 Å². The first kappa shape index (κ1) is 15.7. The highest BCUT2D eigenvalue weighted by molar-refractivity contribution is 7.88. The Balaban J connectivity index is 1.99. The summed E-state index contributed by atoms with van der Waals surface area (Å²) in [4.78, 5) is 0. The van der Waals surface area contributed by atoms with E-state index in [-0.39, 0.29) is 22.9 Å². The molecule has 1 aromatic carbocycles. The van der Waals surface area contributed by atoms with E-state index in [9.17, 15) is 12.8 Å². The van der Waals surface area contributed by atoms with Crippen molar-refractivity contribution in [3.8, 4) is 0 Å². The molecular formula is C13H17ClFNO3S. The van der Waals surface area contributed by atoms with Crippen LogP contribution in [0, 0.1) is 5.82 Å². The van der Waals surface area contributed by atoms with Crippen molar-refractivity contribution in [1.82, 2.24) is 4.72 Å². The molecule has 0 spiro atoms. The quantitative estimate of drug-likeness (QED) is 0.906. The number of benzene rings is 1. The van der Waals surface area contributed by atoms with E-state index in [1.807, 2.05) is 0 Å².